The van der Waals surface area contributed by atoms with Crippen LogP contribution in [0.2, 0.25) is 0 Å². The third-order valence-corrected chi connectivity index (χ3v) is 2.71. The topological polar surface area (TPSA) is 125 Å². The predicted octanol–water partition coefficient (Wildman–Crippen LogP) is 3.25. The maximum Gasteiger partial charge on any atom is 0.418 e. The average molecular weight is 360 g/mol. The van der Waals surface area contributed by atoms with Crippen LogP contribution in [-0.4, -0.2) is 26.0 Å². The third-order valence-electron chi connectivity index (χ3n) is 2.71. The van der Waals surface area contributed by atoms with Gasteiger partial charge in [-0.3, -0.25) is 5.32 Å². The second kappa shape index (κ2) is 9.66. The summed E-state index contributed by atoms with van der Waals surface area (Å²) in [7, 11) is 0. The van der Waals surface area contributed by atoms with Crippen LogP contribution in [0.15, 0.2) is 55.1 Å². The molecular formula is C17H12N8O2. The zero-order valence-corrected chi connectivity index (χ0v) is 13.8. The summed E-state index contributed by atoms with van der Waals surface area (Å²) in [5.74, 6) is 1.42. The summed E-state index contributed by atoms with van der Waals surface area (Å²) in [5, 5.41) is 2.40. The normalized spacial score (nSPS) is 8.96. The molecule has 0 spiro atoms. The van der Waals surface area contributed by atoms with Gasteiger partial charge in [-0.25, -0.2) is 14.8 Å². The number of aromatic nitrogens is 4. The molecule has 10 heteroatoms. The number of nitrogen functional groups attached to an aromatic ring is 1. The summed E-state index contributed by atoms with van der Waals surface area (Å²) >= 11 is 0. The van der Waals surface area contributed by atoms with Crippen LogP contribution < -0.4 is 15.8 Å². The Morgan fingerprint density at radius 2 is 1.56 bits per heavy atom. The molecule has 1 aromatic carbocycles. The largest absolute Gasteiger partial charge is 0.418 e. The third kappa shape index (κ3) is 6.45. The van der Waals surface area contributed by atoms with Crippen LogP contribution in [0.4, 0.5) is 28.1 Å². The quantitative estimate of drug-likeness (QED) is 0.672. The minimum absolute atomic E-state index is 0.164. The predicted molar refractivity (Wildman–Crippen MR) is 97.1 cm³/mol. The highest BCUT2D eigenvalue weighted by molar-refractivity contribution is 5.84. The molecule has 0 aliphatic rings. The van der Waals surface area contributed by atoms with Gasteiger partial charge in [0.05, 0.1) is 12.4 Å². The van der Waals surface area contributed by atoms with Crippen molar-refractivity contribution < 1.29 is 9.53 Å². The van der Waals surface area contributed by atoms with Gasteiger partial charge in [-0.15, -0.1) is 9.97 Å². The Morgan fingerprint density at radius 3 is 2.07 bits per heavy atom. The monoisotopic (exact) mass is 360 g/mol. The first-order chi connectivity index (χ1) is 13.1. The number of nitrogens with zero attached hydrogens (tertiary/aromatic N) is 6. The van der Waals surface area contributed by atoms with Crippen molar-refractivity contribution in [3.8, 4) is 5.75 Å². The SMILES string of the molecule is [C-]#[N+]c1cnc(N)cn1.[C-]#[N+]c1cnc(NC(=O)Oc2ccccc2)cn1. The van der Waals surface area contributed by atoms with Gasteiger partial charge in [-0.05, 0) is 12.1 Å². The van der Waals surface area contributed by atoms with Crippen molar-refractivity contribution in [2.75, 3.05) is 11.1 Å². The fourth-order valence-electron chi connectivity index (χ4n) is 1.56. The van der Waals surface area contributed by atoms with Crippen molar-refractivity contribution in [1.82, 2.24) is 19.9 Å². The number of anilines is 2. The standard InChI is InChI=1S/C12H8N4O2.C5H4N4/c1-13-10-7-15-11(8-14-10)16-12(17)18-9-5-3-2-4-6-9;1-7-5-3-8-4(6)2-9-5/h2-8H,(H,15,16,17);2-3H,(H2,6,8). The smallest absolute Gasteiger partial charge is 0.410 e. The number of nitrogens with one attached hydrogen (secondary N) is 1. The molecule has 0 saturated carbocycles. The number of para-hydroxylation sites is 1. The van der Waals surface area contributed by atoms with Crippen molar-refractivity contribution >= 4 is 29.4 Å². The highest BCUT2D eigenvalue weighted by Gasteiger charge is 2.07. The lowest BCUT2D eigenvalue weighted by Crippen LogP contribution is -2.17. The molecule has 3 rings (SSSR count). The molecule has 0 fully saturated rings. The van der Waals surface area contributed by atoms with Crippen molar-refractivity contribution in [3.05, 3.63) is 78.0 Å². The Bertz CT molecular complexity index is 961. The molecule has 0 bridgehead atoms. The fourth-order valence-corrected chi connectivity index (χ4v) is 1.56. The molecule has 2 heterocycles. The van der Waals surface area contributed by atoms with E-state index in [2.05, 4.69) is 34.9 Å². The summed E-state index contributed by atoms with van der Waals surface area (Å²) in [4.78, 5) is 32.5. The van der Waals surface area contributed by atoms with Gasteiger partial charge in [-0.2, -0.15) is 0 Å². The number of hydrogen-bond acceptors (Lipinski definition) is 7. The number of amides is 1. The molecule has 0 radical (unpaired) electrons. The lowest BCUT2D eigenvalue weighted by molar-refractivity contribution is 0.215. The van der Waals surface area contributed by atoms with E-state index < -0.39 is 6.09 Å². The van der Waals surface area contributed by atoms with Crippen molar-refractivity contribution in [2.24, 2.45) is 0 Å². The van der Waals surface area contributed by atoms with E-state index in [4.69, 9.17) is 23.6 Å². The Kier molecular flexibility index (Phi) is 6.71. The molecule has 0 aliphatic carbocycles. The van der Waals surface area contributed by atoms with Gasteiger partial charge < -0.3 is 20.2 Å². The van der Waals surface area contributed by atoms with Gasteiger partial charge in [0.2, 0.25) is 0 Å². The van der Waals surface area contributed by atoms with Gasteiger partial charge in [-0.1, -0.05) is 31.3 Å². The second-order valence-electron chi connectivity index (χ2n) is 4.61. The summed E-state index contributed by atoms with van der Waals surface area (Å²) in [5.41, 5.74) is 5.20. The van der Waals surface area contributed by atoms with E-state index >= 15 is 0 Å². The van der Waals surface area contributed by atoms with Crippen LogP contribution in [-0.2, 0) is 0 Å². The van der Waals surface area contributed by atoms with E-state index in [1.807, 2.05) is 6.07 Å². The molecule has 10 nitrogen and oxygen atoms in total. The molecule has 1 amide bonds. The fraction of sp³-hybridized carbons (Fsp3) is 0. The summed E-state index contributed by atoms with van der Waals surface area (Å²) < 4.78 is 5.00. The Balaban J connectivity index is 0.000000244. The second-order valence-corrected chi connectivity index (χ2v) is 4.61. The van der Waals surface area contributed by atoms with Crippen molar-refractivity contribution in [2.45, 2.75) is 0 Å². The number of benzene rings is 1. The molecule has 3 N–H and O–H groups in total. The number of hydrogen-bond donors (Lipinski definition) is 2. The Labute approximate surface area is 154 Å². The molecule has 132 valence electrons. The summed E-state index contributed by atoms with van der Waals surface area (Å²) in [6.45, 7) is 13.2. The number of carbonyl (C=O) groups excluding carboxylic acids is 1. The van der Waals surface area contributed by atoms with E-state index in [1.165, 1.54) is 24.8 Å². The minimum Gasteiger partial charge on any atom is -0.410 e. The zero-order chi connectivity index (χ0) is 19.5. The molecule has 0 unspecified atom stereocenters. The Hall–Kier alpha value is -4.57. The minimum atomic E-state index is -0.661. The van der Waals surface area contributed by atoms with Crippen LogP contribution in [0.5, 0.6) is 5.75 Å². The van der Waals surface area contributed by atoms with Crippen LogP contribution >= 0.6 is 0 Å². The maximum absolute atomic E-state index is 11.5. The number of carbonyl (C=O) groups is 1. The molecule has 3 aromatic rings. The van der Waals surface area contributed by atoms with Crippen molar-refractivity contribution in [3.63, 3.8) is 0 Å². The molecule has 0 saturated heterocycles. The van der Waals surface area contributed by atoms with Crippen molar-refractivity contribution in [1.29, 1.82) is 0 Å². The summed E-state index contributed by atoms with van der Waals surface area (Å²) in [6, 6.07) is 8.65. The Morgan fingerprint density at radius 1 is 0.926 bits per heavy atom. The first kappa shape index (κ1) is 18.8. The number of ether oxygens (including phenoxy) is 1. The van der Waals surface area contributed by atoms with Gasteiger partial charge in [0.1, 0.15) is 5.75 Å². The number of nitrogens with two attached hydrogens (primary N) is 1. The van der Waals surface area contributed by atoms with Gasteiger partial charge in [0.15, 0.2) is 24.0 Å². The van der Waals surface area contributed by atoms with Crippen LogP contribution in [0.25, 0.3) is 9.69 Å². The average Bonchev–Trinajstić information content (AvgIpc) is 2.70. The van der Waals surface area contributed by atoms with Crippen LogP contribution in [0.1, 0.15) is 0 Å². The van der Waals surface area contributed by atoms with E-state index in [-0.39, 0.29) is 17.5 Å². The molecule has 0 atom stereocenters. The highest BCUT2D eigenvalue weighted by Crippen LogP contribution is 2.11. The molecule has 2 aromatic heterocycles. The maximum atomic E-state index is 11.5. The van der Waals surface area contributed by atoms with E-state index in [0.29, 0.717) is 11.6 Å². The van der Waals surface area contributed by atoms with Gasteiger partial charge in [0.25, 0.3) is 11.6 Å². The summed E-state index contributed by atoms with van der Waals surface area (Å²) in [6.07, 6.45) is 4.59. The van der Waals surface area contributed by atoms with Crippen LogP contribution in [0.3, 0.4) is 0 Å². The molecule has 0 aliphatic heterocycles. The zero-order valence-electron chi connectivity index (χ0n) is 13.8. The first-order valence-electron chi connectivity index (χ1n) is 7.29. The highest BCUT2D eigenvalue weighted by atomic mass is 16.6. The first-order valence-corrected chi connectivity index (χ1v) is 7.29. The van der Waals surface area contributed by atoms with E-state index in [9.17, 15) is 4.79 Å². The van der Waals surface area contributed by atoms with Gasteiger partial charge >= 0.3 is 6.09 Å². The lowest BCUT2D eigenvalue weighted by atomic mass is 10.3. The lowest BCUT2D eigenvalue weighted by Gasteiger charge is -2.04. The van der Waals surface area contributed by atoms with Gasteiger partial charge in [0, 0.05) is 0 Å². The number of rotatable bonds is 2. The molecular weight excluding hydrogens is 348 g/mol. The van der Waals surface area contributed by atoms with Crippen LogP contribution in [0, 0.1) is 13.1 Å². The molecule has 27 heavy (non-hydrogen) atoms. The van der Waals surface area contributed by atoms with E-state index in [1.54, 1.807) is 24.3 Å². The van der Waals surface area contributed by atoms with E-state index in [0.717, 1.165) is 0 Å².